The van der Waals surface area contributed by atoms with Crippen molar-refractivity contribution in [3.05, 3.63) is 65.7 Å². The van der Waals surface area contributed by atoms with Crippen LogP contribution in [0.15, 0.2) is 54.6 Å². The maximum absolute atomic E-state index is 13.2. The van der Waals surface area contributed by atoms with E-state index in [4.69, 9.17) is 4.74 Å². The average molecular weight is 535 g/mol. The van der Waals surface area contributed by atoms with Gasteiger partial charge in [0.2, 0.25) is 5.91 Å². The van der Waals surface area contributed by atoms with Gasteiger partial charge in [0.05, 0.1) is 7.11 Å². The van der Waals surface area contributed by atoms with Crippen LogP contribution in [0.1, 0.15) is 58.1 Å². The Morgan fingerprint density at radius 1 is 1.03 bits per heavy atom. The monoisotopic (exact) mass is 534 g/mol. The molecule has 2 aromatic rings. The molecule has 7 heteroatoms. The summed E-state index contributed by atoms with van der Waals surface area (Å²) in [7, 11) is 1.67. The van der Waals surface area contributed by atoms with Crippen molar-refractivity contribution < 1.29 is 14.3 Å². The Labute approximate surface area is 234 Å². The molecular formula is C32H46N4O3. The van der Waals surface area contributed by atoms with Crippen LogP contribution in [0, 0.1) is 5.41 Å². The molecule has 0 aliphatic carbocycles. The Morgan fingerprint density at radius 2 is 1.69 bits per heavy atom. The van der Waals surface area contributed by atoms with Crippen molar-refractivity contribution in [3.8, 4) is 5.75 Å². The van der Waals surface area contributed by atoms with Gasteiger partial charge >= 0.3 is 6.03 Å². The second kappa shape index (κ2) is 14.2. The summed E-state index contributed by atoms with van der Waals surface area (Å²) in [6, 6.07) is 15.9. The van der Waals surface area contributed by atoms with Crippen LogP contribution in [0.25, 0.3) is 6.08 Å². The van der Waals surface area contributed by atoms with Gasteiger partial charge in [-0.2, -0.15) is 0 Å². The van der Waals surface area contributed by atoms with Crippen LogP contribution < -0.4 is 10.1 Å². The summed E-state index contributed by atoms with van der Waals surface area (Å²) in [5.41, 5.74) is 3.00. The summed E-state index contributed by atoms with van der Waals surface area (Å²) >= 11 is 0. The fourth-order valence-electron chi connectivity index (χ4n) is 4.58. The van der Waals surface area contributed by atoms with E-state index in [0.717, 1.165) is 36.6 Å². The van der Waals surface area contributed by atoms with E-state index in [1.165, 1.54) is 5.56 Å². The van der Waals surface area contributed by atoms with Crippen molar-refractivity contribution >= 4 is 23.7 Å². The molecule has 1 N–H and O–H groups in total. The number of amides is 3. The third-order valence-corrected chi connectivity index (χ3v) is 6.97. The zero-order valence-electron chi connectivity index (χ0n) is 24.6. The first-order valence-corrected chi connectivity index (χ1v) is 14.0. The standard InChI is InChI=1S/C32H46N4O3/c1-25(2)26-13-15-28(16-14-26)33-31(38)36-22-19-34(20-23-36)18-21-35(30(37)24-32(3,4)5)17-9-11-27-10-7-8-12-29(27)39-6/h7-16,25H,17-24H2,1-6H3,(H,33,38)/b11-9+. The summed E-state index contributed by atoms with van der Waals surface area (Å²) in [6.07, 6.45) is 4.56. The van der Waals surface area contributed by atoms with E-state index in [-0.39, 0.29) is 17.4 Å². The molecule has 0 spiro atoms. The Balaban J connectivity index is 1.52. The highest BCUT2D eigenvalue weighted by Gasteiger charge is 2.24. The van der Waals surface area contributed by atoms with E-state index in [1.807, 2.05) is 58.4 Å². The third-order valence-electron chi connectivity index (χ3n) is 6.97. The number of benzene rings is 2. The maximum atomic E-state index is 13.2. The van der Waals surface area contributed by atoms with Crippen LogP contribution in [0.4, 0.5) is 10.5 Å². The normalized spacial score (nSPS) is 14.6. The Hall–Kier alpha value is -3.32. The lowest BCUT2D eigenvalue weighted by Gasteiger charge is -2.36. The highest BCUT2D eigenvalue weighted by Crippen LogP contribution is 2.21. The van der Waals surface area contributed by atoms with Gasteiger partial charge in [0.1, 0.15) is 5.75 Å². The van der Waals surface area contributed by atoms with Gasteiger partial charge in [-0.1, -0.05) is 77.1 Å². The molecule has 0 saturated carbocycles. The first kappa shape index (κ1) is 30.2. The molecule has 3 amide bonds. The summed E-state index contributed by atoms with van der Waals surface area (Å²) in [5.74, 6) is 1.44. The van der Waals surface area contributed by atoms with Crippen molar-refractivity contribution in [3.63, 3.8) is 0 Å². The molecule has 3 rings (SSSR count). The molecule has 212 valence electrons. The summed E-state index contributed by atoms with van der Waals surface area (Å²) in [5, 5.41) is 3.02. The van der Waals surface area contributed by atoms with E-state index >= 15 is 0 Å². The molecule has 1 aliphatic rings. The number of rotatable bonds is 10. The number of carbonyl (C=O) groups is 2. The smallest absolute Gasteiger partial charge is 0.321 e. The predicted molar refractivity (Wildman–Crippen MR) is 160 cm³/mol. The zero-order valence-corrected chi connectivity index (χ0v) is 24.6. The van der Waals surface area contributed by atoms with Crippen LogP contribution in [0.5, 0.6) is 5.75 Å². The average Bonchev–Trinajstić information content (AvgIpc) is 2.90. The first-order valence-electron chi connectivity index (χ1n) is 14.0. The van der Waals surface area contributed by atoms with Crippen LogP contribution in [-0.2, 0) is 4.79 Å². The van der Waals surface area contributed by atoms with Crippen LogP contribution in [0.2, 0.25) is 0 Å². The van der Waals surface area contributed by atoms with Gasteiger partial charge in [0, 0.05) is 63.5 Å². The second-order valence-corrected chi connectivity index (χ2v) is 11.8. The number of nitrogens with one attached hydrogen (secondary N) is 1. The van der Waals surface area contributed by atoms with Crippen molar-refractivity contribution in [1.29, 1.82) is 0 Å². The fourth-order valence-corrected chi connectivity index (χ4v) is 4.58. The molecule has 1 saturated heterocycles. The minimum atomic E-state index is -0.0736. The van der Waals surface area contributed by atoms with E-state index in [0.29, 0.717) is 38.5 Å². The highest BCUT2D eigenvalue weighted by atomic mass is 16.5. The summed E-state index contributed by atoms with van der Waals surface area (Å²) < 4.78 is 5.44. The van der Waals surface area contributed by atoms with Gasteiger partial charge in [0.25, 0.3) is 0 Å². The van der Waals surface area contributed by atoms with Crippen molar-refractivity contribution in [2.45, 2.75) is 47.0 Å². The topological polar surface area (TPSA) is 65.1 Å². The van der Waals surface area contributed by atoms with E-state index in [9.17, 15) is 9.59 Å². The van der Waals surface area contributed by atoms with Gasteiger partial charge in [-0.25, -0.2) is 4.79 Å². The number of anilines is 1. The minimum Gasteiger partial charge on any atom is -0.496 e. The quantitative estimate of drug-likeness (QED) is 0.409. The fraction of sp³-hybridized carbons (Fsp3) is 0.500. The Bertz CT molecular complexity index is 1100. The zero-order chi connectivity index (χ0) is 28.4. The number of ether oxygens (including phenoxy) is 1. The molecular weight excluding hydrogens is 488 g/mol. The third kappa shape index (κ3) is 9.74. The number of piperazine rings is 1. The Kier molecular flexibility index (Phi) is 11.0. The molecule has 1 fully saturated rings. The summed E-state index contributed by atoms with van der Waals surface area (Å²) in [6.45, 7) is 15.5. The lowest BCUT2D eigenvalue weighted by molar-refractivity contribution is -0.132. The first-order chi connectivity index (χ1) is 18.6. The number of urea groups is 1. The Morgan fingerprint density at radius 3 is 2.31 bits per heavy atom. The molecule has 1 heterocycles. The second-order valence-electron chi connectivity index (χ2n) is 11.8. The van der Waals surface area contributed by atoms with Gasteiger partial charge in [-0.05, 0) is 35.1 Å². The largest absolute Gasteiger partial charge is 0.496 e. The van der Waals surface area contributed by atoms with E-state index in [1.54, 1.807) is 7.11 Å². The molecule has 0 unspecified atom stereocenters. The molecule has 0 atom stereocenters. The predicted octanol–water partition coefficient (Wildman–Crippen LogP) is 5.95. The highest BCUT2D eigenvalue weighted by molar-refractivity contribution is 5.89. The molecule has 7 nitrogen and oxygen atoms in total. The minimum absolute atomic E-state index is 0.0598. The molecule has 1 aliphatic heterocycles. The van der Waals surface area contributed by atoms with Crippen LogP contribution in [0.3, 0.4) is 0 Å². The maximum Gasteiger partial charge on any atom is 0.321 e. The number of hydrogen-bond donors (Lipinski definition) is 1. The number of hydrogen-bond acceptors (Lipinski definition) is 4. The number of carbonyl (C=O) groups excluding carboxylic acids is 2. The van der Waals surface area contributed by atoms with Crippen LogP contribution in [-0.4, -0.2) is 79.6 Å². The molecule has 2 aromatic carbocycles. The van der Waals surface area contributed by atoms with E-state index < -0.39 is 0 Å². The van der Waals surface area contributed by atoms with E-state index in [2.05, 4.69) is 57.0 Å². The molecule has 0 aromatic heterocycles. The molecule has 39 heavy (non-hydrogen) atoms. The van der Waals surface area contributed by atoms with Gasteiger partial charge < -0.3 is 19.9 Å². The van der Waals surface area contributed by atoms with Crippen molar-refractivity contribution in [2.24, 2.45) is 5.41 Å². The number of nitrogens with zero attached hydrogens (tertiary/aromatic N) is 3. The molecule has 0 bridgehead atoms. The van der Waals surface area contributed by atoms with Crippen molar-refractivity contribution in [1.82, 2.24) is 14.7 Å². The lowest BCUT2D eigenvalue weighted by Crippen LogP contribution is -2.51. The lowest BCUT2D eigenvalue weighted by atomic mass is 9.91. The SMILES string of the molecule is COc1ccccc1/C=C/CN(CCN1CCN(C(=O)Nc2ccc(C(C)C)cc2)CC1)C(=O)CC(C)(C)C. The molecule has 0 radical (unpaired) electrons. The van der Waals surface area contributed by atoms with Gasteiger partial charge in [-0.15, -0.1) is 0 Å². The number of methoxy groups -OCH3 is 1. The summed E-state index contributed by atoms with van der Waals surface area (Å²) in [4.78, 5) is 32.1. The number of para-hydroxylation sites is 1. The van der Waals surface area contributed by atoms with Crippen molar-refractivity contribution in [2.75, 3.05) is 58.2 Å². The van der Waals surface area contributed by atoms with Crippen LogP contribution >= 0.6 is 0 Å². The van der Waals surface area contributed by atoms with Gasteiger partial charge in [0.15, 0.2) is 0 Å². The van der Waals surface area contributed by atoms with Gasteiger partial charge in [-0.3, -0.25) is 9.69 Å².